The van der Waals surface area contributed by atoms with E-state index in [2.05, 4.69) is 20.1 Å². The molecular formula is C11H12N6O3. The number of nitrogens with one attached hydrogen (secondary N) is 1. The van der Waals surface area contributed by atoms with Gasteiger partial charge in [-0.2, -0.15) is 5.10 Å². The van der Waals surface area contributed by atoms with Crippen molar-refractivity contribution in [2.24, 2.45) is 0 Å². The molecule has 1 unspecified atom stereocenters. The minimum atomic E-state index is -1.04. The Bertz CT molecular complexity index is 634. The van der Waals surface area contributed by atoms with Gasteiger partial charge in [-0.25, -0.2) is 19.4 Å². The summed E-state index contributed by atoms with van der Waals surface area (Å²) < 4.78 is 1.36. The SMILES string of the molecule is O=C(O)C1Cc2nc[nH]c2CN1C(=O)Cn1cncn1. The fourth-order valence-corrected chi connectivity index (χ4v) is 2.26. The molecule has 2 aromatic heterocycles. The number of nitrogens with zero attached hydrogens (tertiary/aromatic N) is 5. The molecule has 0 radical (unpaired) electrons. The number of carbonyl (C=O) groups excluding carboxylic acids is 1. The summed E-state index contributed by atoms with van der Waals surface area (Å²) in [6.45, 7) is 0.174. The van der Waals surface area contributed by atoms with Crippen LogP contribution < -0.4 is 0 Å². The van der Waals surface area contributed by atoms with Crippen LogP contribution in [0.4, 0.5) is 0 Å². The number of carbonyl (C=O) groups is 2. The maximum absolute atomic E-state index is 12.3. The predicted molar refractivity (Wildman–Crippen MR) is 64.3 cm³/mol. The van der Waals surface area contributed by atoms with Crippen LogP contribution in [0, 0.1) is 0 Å². The van der Waals surface area contributed by atoms with Crippen molar-refractivity contribution in [1.82, 2.24) is 29.6 Å². The Morgan fingerprint density at radius 1 is 1.50 bits per heavy atom. The Morgan fingerprint density at radius 3 is 3.05 bits per heavy atom. The van der Waals surface area contributed by atoms with Crippen LogP contribution in [0.5, 0.6) is 0 Å². The normalized spacial score (nSPS) is 17.8. The number of hydrogen-bond donors (Lipinski definition) is 2. The predicted octanol–water partition coefficient (Wildman–Crippen LogP) is -0.961. The van der Waals surface area contributed by atoms with Crippen molar-refractivity contribution >= 4 is 11.9 Å². The van der Waals surface area contributed by atoms with Gasteiger partial charge in [0.1, 0.15) is 25.2 Å². The standard InChI is InChI=1S/C11H12N6O3/c18-10(3-16-6-12-4-15-16)17-2-8-7(13-5-14-8)1-9(17)11(19)20/h4-6,9H,1-3H2,(H,13,14)(H,19,20). The average Bonchev–Trinajstić information content (AvgIpc) is 3.06. The molecule has 0 fully saturated rings. The van der Waals surface area contributed by atoms with E-state index in [0.717, 1.165) is 5.69 Å². The molecule has 1 atom stereocenters. The summed E-state index contributed by atoms with van der Waals surface area (Å²) in [4.78, 5) is 35.7. The van der Waals surface area contributed by atoms with E-state index in [-0.39, 0.29) is 25.4 Å². The first-order valence-corrected chi connectivity index (χ1v) is 6.01. The van der Waals surface area contributed by atoms with E-state index in [1.54, 1.807) is 0 Å². The number of amides is 1. The van der Waals surface area contributed by atoms with Gasteiger partial charge in [0.15, 0.2) is 0 Å². The summed E-state index contributed by atoms with van der Waals surface area (Å²) in [6, 6.07) is -0.901. The number of hydrogen-bond acceptors (Lipinski definition) is 5. The smallest absolute Gasteiger partial charge is 0.326 e. The summed E-state index contributed by atoms with van der Waals surface area (Å²) in [5, 5.41) is 13.1. The van der Waals surface area contributed by atoms with Crippen LogP contribution in [0.1, 0.15) is 11.4 Å². The Morgan fingerprint density at radius 2 is 2.35 bits per heavy atom. The molecule has 104 valence electrons. The van der Waals surface area contributed by atoms with Crippen molar-refractivity contribution in [3.63, 3.8) is 0 Å². The van der Waals surface area contributed by atoms with Crippen LogP contribution >= 0.6 is 0 Å². The zero-order chi connectivity index (χ0) is 14.1. The molecule has 1 amide bonds. The lowest BCUT2D eigenvalue weighted by Crippen LogP contribution is -2.49. The number of carboxylic acids is 1. The fourth-order valence-electron chi connectivity index (χ4n) is 2.26. The molecule has 3 rings (SSSR count). The molecule has 3 heterocycles. The Kier molecular flexibility index (Phi) is 2.93. The van der Waals surface area contributed by atoms with Gasteiger partial charge in [0, 0.05) is 6.42 Å². The highest BCUT2D eigenvalue weighted by Crippen LogP contribution is 2.21. The molecule has 0 spiro atoms. The van der Waals surface area contributed by atoms with Crippen LogP contribution in [-0.4, -0.2) is 52.7 Å². The van der Waals surface area contributed by atoms with Crippen molar-refractivity contribution in [3.05, 3.63) is 30.4 Å². The van der Waals surface area contributed by atoms with Crippen LogP contribution in [0.3, 0.4) is 0 Å². The van der Waals surface area contributed by atoms with E-state index in [9.17, 15) is 14.7 Å². The third-order valence-corrected chi connectivity index (χ3v) is 3.27. The second-order valence-electron chi connectivity index (χ2n) is 4.50. The van der Waals surface area contributed by atoms with Gasteiger partial charge in [0.25, 0.3) is 0 Å². The summed E-state index contributed by atoms with van der Waals surface area (Å²) in [6.07, 6.45) is 4.46. The number of H-pyrrole nitrogens is 1. The molecule has 0 saturated carbocycles. The van der Waals surface area contributed by atoms with Crippen LogP contribution in [-0.2, 0) is 29.1 Å². The molecule has 9 heteroatoms. The topological polar surface area (TPSA) is 117 Å². The Balaban J connectivity index is 1.82. The number of fused-ring (bicyclic) bond motifs is 1. The van der Waals surface area contributed by atoms with E-state index in [4.69, 9.17) is 0 Å². The third-order valence-electron chi connectivity index (χ3n) is 3.27. The van der Waals surface area contributed by atoms with Crippen molar-refractivity contribution in [1.29, 1.82) is 0 Å². The summed E-state index contributed by atoms with van der Waals surface area (Å²) >= 11 is 0. The van der Waals surface area contributed by atoms with Gasteiger partial charge in [-0.3, -0.25) is 4.79 Å². The number of aromatic amines is 1. The maximum Gasteiger partial charge on any atom is 0.326 e. The quantitative estimate of drug-likeness (QED) is 0.745. The highest BCUT2D eigenvalue weighted by molar-refractivity contribution is 5.84. The summed E-state index contributed by atoms with van der Waals surface area (Å²) in [5.41, 5.74) is 1.47. The van der Waals surface area contributed by atoms with Gasteiger partial charge in [0.2, 0.25) is 5.91 Å². The molecule has 0 aromatic carbocycles. The third kappa shape index (κ3) is 2.13. The summed E-state index contributed by atoms with van der Waals surface area (Å²) in [5.74, 6) is -1.35. The van der Waals surface area contributed by atoms with Gasteiger partial charge in [0.05, 0.1) is 24.3 Å². The molecule has 0 saturated heterocycles. The van der Waals surface area contributed by atoms with Gasteiger partial charge in [-0.15, -0.1) is 0 Å². The number of rotatable bonds is 3. The Labute approximate surface area is 113 Å². The lowest BCUT2D eigenvalue weighted by molar-refractivity contribution is -0.151. The lowest BCUT2D eigenvalue weighted by Gasteiger charge is -2.32. The van der Waals surface area contributed by atoms with E-state index in [1.807, 2.05) is 0 Å². The lowest BCUT2D eigenvalue weighted by atomic mass is 10.0. The second-order valence-corrected chi connectivity index (χ2v) is 4.50. The molecule has 0 aliphatic carbocycles. The minimum Gasteiger partial charge on any atom is -0.480 e. The molecule has 20 heavy (non-hydrogen) atoms. The monoisotopic (exact) mass is 276 g/mol. The fraction of sp³-hybridized carbons (Fsp3) is 0.364. The van der Waals surface area contributed by atoms with Crippen molar-refractivity contribution in [2.75, 3.05) is 0 Å². The van der Waals surface area contributed by atoms with E-state index < -0.39 is 12.0 Å². The van der Waals surface area contributed by atoms with E-state index >= 15 is 0 Å². The molecule has 1 aliphatic rings. The first-order valence-electron chi connectivity index (χ1n) is 6.01. The molecule has 1 aliphatic heterocycles. The highest BCUT2D eigenvalue weighted by atomic mass is 16.4. The van der Waals surface area contributed by atoms with Gasteiger partial charge >= 0.3 is 5.97 Å². The number of aliphatic carboxylic acids is 1. The van der Waals surface area contributed by atoms with Gasteiger partial charge < -0.3 is 15.0 Å². The van der Waals surface area contributed by atoms with Crippen molar-refractivity contribution in [2.45, 2.75) is 25.6 Å². The number of imidazole rings is 1. The van der Waals surface area contributed by atoms with Crippen molar-refractivity contribution in [3.8, 4) is 0 Å². The zero-order valence-corrected chi connectivity index (χ0v) is 10.4. The van der Waals surface area contributed by atoms with Crippen LogP contribution in [0.25, 0.3) is 0 Å². The largest absolute Gasteiger partial charge is 0.480 e. The average molecular weight is 276 g/mol. The van der Waals surface area contributed by atoms with Gasteiger partial charge in [-0.1, -0.05) is 0 Å². The molecule has 0 bridgehead atoms. The molecule has 2 N–H and O–H groups in total. The molecule has 2 aromatic rings. The maximum atomic E-state index is 12.3. The highest BCUT2D eigenvalue weighted by Gasteiger charge is 2.35. The zero-order valence-electron chi connectivity index (χ0n) is 10.4. The number of aromatic nitrogens is 5. The van der Waals surface area contributed by atoms with Crippen LogP contribution in [0.2, 0.25) is 0 Å². The van der Waals surface area contributed by atoms with Crippen molar-refractivity contribution < 1.29 is 14.7 Å². The molecule has 9 nitrogen and oxygen atoms in total. The minimum absolute atomic E-state index is 0.0345. The second kappa shape index (κ2) is 4.76. The Hall–Kier alpha value is -2.71. The first-order chi connectivity index (χ1) is 9.65. The van der Waals surface area contributed by atoms with E-state index in [1.165, 1.54) is 28.6 Å². The first kappa shape index (κ1) is 12.3. The van der Waals surface area contributed by atoms with Gasteiger partial charge in [-0.05, 0) is 0 Å². The summed E-state index contributed by atoms with van der Waals surface area (Å²) in [7, 11) is 0. The molecular weight excluding hydrogens is 264 g/mol. The van der Waals surface area contributed by atoms with E-state index in [0.29, 0.717) is 5.69 Å². The number of carboxylic acid groups (broad SMARTS) is 1. The van der Waals surface area contributed by atoms with Crippen LogP contribution in [0.15, 0.2) is 19.0 Å².